The molecule has 1 unspecified atom stereocenters. The first-order chi connectivity index (χ1) is 40.0. The lowest BCUT2D eigenvalue weighted by Crippen LogP contribution is -2.30. The summed E-state index contributed by atoms with van der Waals surface area (Å²) in [6.07, 6.45) is 96.0. The number of hydrogen-bond acceptors (Lipinski definition) is 6. The predicted molar refractivity (Wildman–Crippen MR) is 353 cm³/mol. The van der Waals surface area contributed by atoms with Crippen LogP contribution in [0.5, 0.6) is 0 Å². The van der Waals surface area contributed by atoms with Crippen LogP contribution in [0.3, 0.4) is 0 Å². The predicted octanol–water partition coefficient (Wildman–Crippen LogP) is 23.3. The SMILES string of the molecule is CC/C=C\C/C=C\C/C=C\C/C=C\C/C=C\C/C=C\C/C=C\C/C=C\CCCCCCC(=O)OCC(COC(=O)CCCCCCCCCCCCCCC)OC(=O)CCCCCCCC/C=C\C/C=C\C/C=C\CCCCCCC. The molecule has 460 valence electrons. The summed E-state index contributed by atoms with van der Waals surface area (Å²) in [4.78, 5) is 38.4. The van der Waals surface area contributed by atoms with E-state index in [-0.39, 0.29) is 31.1 Å². The first-order valence-electron chi connectivity index (χ1n) is 33.7. The molecule has 81 heavy (non-hydrogen) atoms. The number of carbonyl (C=O) groups is 3. The van der Waals surface area contributed by atoms with Gasteiger partial charge in [-0.15, -0.1) is 0 Å². The van der Waals surface area contributed by atoms with Crippen molar-refractivity contribution in [1.29, 1.82) is 0 Å². The van der Waals surface area contributed by atoms with Gasteiger partial charge in [-0.2, -0.15) is 0 Å². The van der Waals surface area contributed by atoms with Crippen LogP contribution in [-0.4, -0.2) is 37.2 Å². The molecule has 0 aromatic rings. The number of unbranched alkanes of at least 4 members (excludes halogenated alkanes) is 27. The van der Waals surface area contributed by atoms with Gasteiger partial charge in [0, 0.05) is 19.3 Å². The van der Waals surface area contributed by atoms with Crippen LogP contribution in [0.4, 0.5) is 0 Å². The van der Waals surface area contributed by atoms with Crippen LogP contribution in [-0.2, 0) is 28.6 Å². The Hall–Kier alpha value is -4.45. The molecule has 6 nitrogen and oxygen atoms in total. The van der Waals surface area contributed by atoms with E-state index >= 15 is 0 Å². The average molecular weight is 1120 g/mol. The second kappa shape index (κ2) is 68.1. The minimum absolute atomic E-state index is 0.0928. The van der Waals surface area contributed by atoms with E-state index in [0.717, 1.165) is 148 Å². The topological polar surface area (TPSA) is 78.9 Å². The van der Waals surface area contributed by atoms with Crippen molar-refractivity contribution in [2.24, 2.45) is 0 Å². The van der Waals surface area contributed by atoms with Gasteiger partial charge in [0.1, 0.15) is 13.2 Å². The molecule has 0 N–H and O–H groups in total. The molecule has 0 aliphatic heterocycles. The lowest BCUT2D eigenvalue weighted by molar-refractivity contribution is -0.167. The van der Waals surface area contributed by atoms with Gasteiger partial charge in [-0.1, -0.05) is 296 Å². The Morgan fingerprint density at radius 3 is 0.753 bits per heavy atom. The number of esters is 3. The van der Waals surface area contributed by atoms with E-state index in [1.165, 1.54) is 116 Å². The van der Waals surface area contributed by atoms with Gasteiger partial charge in [0.05, 0.1) is 0 Å². The third-order valence-corrected chi connectivity index (χ3v) is 14.1. The first kappa shape index (κ1) is 76.5. The van der Waals surface area contributed by atoms with E-state index in [2.05, 4.69) is 154 Å². The summed E-state index contributed by atoms with van der Waals surface area (Å²) in [5.74, 6) is -0.926. The number of allylic oxidation sites excluding steroid dienone is 22. The second-order valence-corrected chi connectivity index (χ2v) is 22.0. The average Bonchev–Trinajstić information content (AvgIpc) is 3.46. The molecule has 6 heteroatoms. The van der Waals surface area contributed by atoms with Crippen molar-refractivity contribution in [1.82, 2.24) is 0 Å². The lowest BCUT2D eigenvalue weighted by Gasteiger charge is -2.18. The lowest BCUT2D eigenvalue weighted by atomic mass is 10.0. The van der Waals surface area contributed by atoms with Gasteiger partial charge in [0.15, 0.2) is 6.10 Å². The molecular weight excluding hydrogens is 997 g/mol. The fourth-order valence-corrected chi connectivity index (χ4v) is 9.11. The summed E-state index contributed by atoms with van der Waals surface area (Å²) >= 11 is 0. The van der Waals surface area contributed by atoms with Crippen molar-refractivity contribution < 1.29 is 28.6 Å². The number of ether oxygens (including phenoxy) is 3. The molecule has 1 atom stereocenters. The molecule has 0 bridgehead atoms. The molecule has 0 saturated carbocycles. The van der Waals surface area contributed by atoms with E-state index in [1.807, 2.05) is 0 Å². The van der Waals surface area contributed by atoms with E-state index in [4.69, 9.17) is 14.2 Å². The first-order valence-corrected chi connectivity index (χ1v) is 33.7. The zero-order valence-electron chi connectivity index (χ0n) is 52.8. The maximum Gasteiger partial charge on any atom is 0.306 e. The third kappa shape index (κ3) is 66.2. The van der Waals surface area contributed by atoms with Gasteiger partial charge in [-0.3, -0.25) is 14.4 Å². The Labute approximate surface area is 500 Å². The zero-order valence-corrected chi connectivity index (χ0v) is 52.8. The fraction of sp³-hybridized carbons (Fsp3) is 0.667. The summed E-state index contributed by atoms with van der Waals surface area (Å²) < 4.78 is 16.9. The van der Waals surface area contributed by atoms with Crippen LogP contribution in [0.25, 0.3) is 0 Å². The largest absolute Gasteiger partial charge is 0.462 e. The van der Waals surface area contributed by atoms with Gasteiger partial charge in [0.25, 0.3) is 0 Å². The molecule has 0 fully saturated rings. The van der Waals surface area contributed by atoms with Crippen molar-refractivity contribution in [3.63, 3.8) is 0 Å². The monoisotopic (exact) mass is 1120 g/mol. The highest BCUT2D eigenvalue weighted by Gasteiger charge is 2.19. The van der Waals surface area contributed by atoms with Crippen LogP contribution in [0.2, 0.25) is 0 Å². The maximum absolute atomic E-state index is 12.9. The smallest absolute Gasteiger partial charge is 0.306 e. The molecule has 0 aliphatic carbocycles. The van der Waals surface area contributed by atoms with Crippen LogP contribution in [0.15, 0.2) is 134 Å². The van der Waals surface area contributed by atoms with E-state index < -0.39 is 6.10 Å². The molecule has 0 spiro atoms. The Kier molecular flexibility index (Phi) is 64.3. The van der Waals surface area contributed by atoms with Crippen LogP contribution in [0.1, 0.15) is 303 Å². The standard InChI is InChI=1S/C75H124O6/c1-4-7-10-13-16-19-22-25-27-29-31-33-34-35-36-37-38-39-40-42-43-45-47-50-53-56-59-62-65-68-74(77)80-71-72(70-79-73(76)67-64-61-58-55-52-49-24-21-18-15-12-9-6-3)81-75(78)69-66-63-60-57-54-51-48-46-44-41-32-30-28-26-23-20-17-14-11-8-5-2/h7,10,16,19,23,25-27,30-33,35-36,38-39,42-44,46-47,50,72H,4-6,8-9,11-15,17-18,20-22,24,28-29,34,37,40-41,45,48-49,51-71H2,1-3H3/b10-7-,19-16-,26-23-,27-25-,32-30-,33-31-,36-35-,39-38-,43-42-,46-44-,50-47-. The summed E-state index contributed by atoms with van der Waals surface area (Å²) in [5, 5.41) is 0. The highest BCUT2D eigenvalue weighted by atomic mass is 16.6. The van der Waals surface area contributed by atoms with E-state index in [0.29, 0.717) is 19.3 Å². The highest BCUT2D eigenvalue weighted by Crippen LogP contribution is 2.15. The normalized spacial score (nSPS) is 13.0. The molecule has 0 rings (SSSR count). The van der Waals surface area contributed by atoms with Crippen LogP contribution >= 0.6 is 0 Å². The minimum Gasteiger partial charge on any atom is -0.462 e. The minimum atomic E-state index is -0.800. The second-order valence-electron chi connectivity index (χ2n) is 22.0. The van der Waals surface area contributed by atoms with Crippen molar-refractivity contribution in [3.8, 4) is 0 Å². The van der Waals surface area contributed by atoms with Gasteiger partial charge < -0.3 is 14.2 Å². The molecule has 0 amide bonds. The number of rotatable bonds is 60. The molecule has 0 aliphatic rings. The molecule has 0 aromatic heterocycles. The maximum atomic E-state index is 12.9. The fourth-order valence-electron chi connectivity index (χ4n) is 9.11. The van der Waals surface area contributed by atoms with Gasteiger partial charge in [-0.05, 0) is 122 Å². The zero-order chi connectivity index (χ0) is 58.5. The van der Waals surface area contributed by atoms with Crippen LogP contribution in [0, 0.1) is 0 Å². The molecular formula is C75H124O6. The van der Waals surface area contributed by atoms with Crippen molar-refractivity contribution in [2.45, 2.75) is 309 Å². The van der Waals surface area contributed by atoms with Gasteiger partial charge >= 0.3 is 17.9 Å². The summed E-state index contributed by atoms with van der Waals surface area (Å²) in [5.41, 5.74) is 0. The summed E-state index contributed by atoms with van der Waals surface area (Å²) in [6, 6.07) is 0. The Balaban J connectivity index is 4.41. The van der Waals surface area contributed by atoms with Crippen molar-refractivity contribution in [2.75, 3.05) is 13.2 Å². The Morgan fingerprint density at radius 1 is 0.259 bits per heavy atom. The number of hydrogen-bond donors (Lipinski definition) is 0. The van der Waals surface area contributed by atoms with E-state index in [1.54, 1.807) is 0 Å². The highest BCUT2D eigenvalue weighted by molar-refractivity contribution is 5.71. The van der Waals surface area contributed by atoms with Gasteiger partial charge in [0.2, 0.25) is 0 Å². The van der Waals surface area contributed by atoms with Gasteiger partial charge in [-0.25, -0.2) is 0 Å². The molecule has 0 heterocycles. The van der Waals surface area contributed by atoms with Crippen LogP contribution < -0.4 is 0 Å². The molecule has 0 saturated heterocycles. The molecule has 0 aromatic carbocycles. The molecule has 0 radical (unpaired) electrons. The number of carbonyl (C=O) groups excluding carboxylic acids is 3. The van der Waals surface area contributed by atoms with Crippen molar-refractivity contribution >= 4 is 17.9 Å². The summed E-state index contributed by atoms with van der Waals surface area (Å²) in [6.45, 7) is 6.50. The summed E-state index contributed by atoms with van der Waals surface area (Å²) in [7, 11) is 0. The Morgan fingerprint density at radius 2 is 0.481 bits per heavy atom. The van der Waals surface area contributed by atoms with Crippen molar-refractivity contribution in [3.05, 3.63) is 134 Å². The van der Waals surface area contributed by atoms with E-state index in [9.17, 15) is 14.4 Å². The Bertz CT molecular complexity index is 1720. The third-order valence-electron chi connectivity index (χ3n) is 14.1. The quantitative estimate of drug-likeness (QED) is 0.0261.